The molecule has 0 aliphatic carbocycles. The first-order valence-electron chi connectivity index (χ1n) is 4.20. The number of rotatable bonds is 0. The minimum absolute atomic E-state index is 0.109. The fourth-order valence-electron chi connectivity index (χ4n) is 1.37. The Bertz CT molecular complexity index is 83.3. The molecule has 0 bridgehead atoms. The molecule has 1 aliphatic heterocycles. The Balaban J connectivity index is 2.23. The lowest BCUT2D eigenvalue weighted by molar-refractivity contribution is 0.146. The number of hydrogen-bond acceptors (Lipinski definition) is 2. The number of aliphatic hydroxyl groups is 1. The molecule has 1 aliphatic rings. The van der Waals surface area contributed by atoms with Crippen LogP contribution in [0.15, 0.2) is 0 Å². The fraction of sp³-hybridized carbons (Fsp3) is 1.00. The first kappa shape index (κ1) is 8.02. The SMILES string of the molecule is CC1CCCCC(O)CN1. The van der Waals surface area contributed by atoms with E-state index >= 15 is 0 Å². The van der Waals surface area contributed by atoms with E-state index in [9.17, 15) is 5.11 Å². The number of hydrogen-bond donors (Lipinski definition) is 2. The smallest absolute Gasteiger partial charge is 0.0664 e. The zero-order valence-corrected chi connectivity index (χ0v) is 6.64. The van der Waals surface area contributed by atoms with Crippen LogP contribution in [0.4, 0.5) is 0 Å². The monoisotopic (exact) mass is 143 g/mol. The Morgan fingerprint density at radius 3 is 2.80 bits per heavy atom. The van der Waals surface area contributed by atoms with E-state index in [0.29, 0.717) is 6.04 Å². The van der Waals surface area contributed by atoms with Crippen LogP contribution >= 0.6 is 0 Å². The molecule has 10 heavy (non-hydrogen) atoms. The maximum Gasteiger partial charge on any atom is 0.0664 e. The highest BCUT2D eigenvalue weighted by Crippen LogP contribution is 2.09. The zero-order chi connectivity index (χ0) is 7.40. The summed E-state index contributed by atoms with van der Waals surface area (Å²) in [6.07, 6.45) is 4.56. The van der Waals surface area contributed by atoms with Gasteiger partial charge in [0.25, 0.3) is 0 Å². The molecule has 2 heteroatoms. The Labute approximate surface area is 62.6 Å². The first-order chi connectivity index (χ1) is 4.79. The molecule has 1 saturated heterocycles. The maximum absolute atomic E-state index is 9.27. The highest BCUT2D eigenvalue weighted by atomic mass is 16.3. The molecule has 0 aromatic carbocycles. The zero-order valence-electron chi connectivity index (χ0n) is 6.64. The van der Waals surface area contributed by atoms with E-state index in [0.717, 1.165) is 13.0 Å². The van der Waals surface area contributed by atoms with Gasteiger partial charge in [0.1, 0.15) is 0 Å². The van der Waals surface area contributed by atoms with Crippen molar-refractivity contribution < 1.29 is 5.11 Å². The van der Waals surface area contributed by atoms with Gasteiger partial charge in [-0.1, -0.05) is 12.8 Å². The molecular formula is C8H17NO. The Morgan fingerprint density at radius 2 is 2.00 bits per heavy atom. The van der Waals surface area contributed by atoms with Gasteiger partial charge in [-0.15, -0.1) is 0 Å². The molecule has 0 radical (unpaired) electrons. The van der Waals surface area contributed by atoms with Crippen molar-refractivity contribution in [1.82, 2.24) is 5.32 Å². The molecule has 2 atom stereocenters. The quantitative estimate of drug-likeness (QED) is 0.528. The minimum Gasteiger partial charge on any atom is -0.392 e. The third-order valence-corrected chi connectivity index (χ3v) is 2.13. The second-order valence-corrected chi connectivity index (χ2v) is 3.25. The van der Waals surface area contributed by atoms with E-state index in [1.807, 2.05) is 0 Å². The Kier molecular flexibility index (Phi) is 3.16. The summed E-state index contributed by atoms with van der Waals surface area (Å²) in [7, 11) is 0. The van der Waals surface area contributed by atoms with Gasteiger partial charge in [0.2, 0.25) is 0 Å². The lowest BCUT2D eigenvalue weighted by atomic mass is 10.0. The second-order valence-electron chi connectivity index (χ2n) is 3.25. The summed E-state index contributed by atoms with van der Waals surface area (Å²) in [5.74, 6) is 0. The summed E-state index contributed by atoms with van der Waals surface area (Å²) in [6, 6.07) is 0.593. The van der Waals surface area contributed by atoms with Crippen LogP contribution in [0.25, 0.3) is 0 Å². The summed E-state index contributed by atoms with van der Waals surface area (Å²) in [5, 5.41) is 12.6. The van der Waals surface area contributed by atoms with Crippen molar-refractivity contribution in [3.05, 3.63) is 0 Å². The average molecular weight is 143 g/mol. The van der Waals surface area contributed by atoms with Crippen LogP contribution in [-0.4, -0.2) is 23.8 Å². The van der Waals surface area contributed by atoms with Crippen molar-refractivity contribution in [2.24, 2.45) is 0 Å². The van der Waals surface area contributed by atoms with E-state index in [1.165, 1.54) is 19.3 Å². The van der Waals surface area contributed by atoms with E-state index in [4.69, 9.17) is 0 Å². The standard InChI is InChI=1S/C8H17NO/c1-7-4-2-3-5-8(10)6-9-7/h7-10H,2-6H2,1H3. The molecule has 2 nitrogen and oxygen atoms in total. The van der Waals surface area contributed by atoms with Crippen LogP contribution < -0.4 is 5.32 Å². The van der Waals surface area contributed by atoms with E-state index in [1.54, 1.807) is 0 Å². The van der Waals surface area contributed by atoms with Crippen molar-refractivity contribution >= 4 is 0 Å². The van der Waals surface area contributed by atoms with Crippen molar-refractivity contribution in [1.29, 1.82) is 0 Å². The molecule has 2 N–H and O–H groups in total. The lowest BCUT2D eigenvalue weighted by Gasteiger charge is -2.20. The Morgan fingerprint density at radius 1 is 1.30 bits per heavy atom. The molecule has 0 aromatic rings. The maximum atomic E-state index is 9.27. The van der Waals surface area contributed by atoms with Gasteiger partial charge in [0.15, 0.2) is 0 Å². The third-order valence-electron chi connectivity index (χ3n) is 2.13. The van der Waals surface area contributed by atoms with Crippen LogP contribution in [-0.2, 0) is 0 Å². The lowest BCUT2D eigenvalue weighted by Crippen LogP contribution is -2.35. The fourth-order valence-corrected chi connectivity index (χ4v) is 1.37. The number of β-amino-alcohol motifs (C(OH)–C–C–N with tert-alkyl or cyclic N) is 1. The van der Waals surface area contributed by atoms with Gasteiger partial charge in [0.05, 0.1) is 6.10 Å². The largest absolute Gasteiger partial charge is 0.392 e. The molecule has 1 rings (SSSR count). The van der Waals surface area contributed by atoms with Crippen LogP contribution in [0.5, 0.6) is 0 Å². The Hall–Kier alpha value is -0.0800. The van der Waals surface area contributed by atoms with E-state index in [-0.39, 0.29) is 6.10 Å². The molecule has 0 spiro atoms. The summed E-state index contributed by atoms with van der Waals surface area (Å²) < 4.78 is 0. The molecule has 0 saturated carbocycles. The van der Waals surface area contributed by atoms with Gasteiger partial charge in [0, 0.05) is 12.6 Å². The third kappa shape index (κ3) is 2.67. The van der Waals surface area contributed by atoms with Crippen molar-refractivity contribution in [3.8, 4) is 0 Å². The van der Waals surface area contributed by atoms with Gasteiger partial charge in [-0.05, 0) is 19.8 Å². The molecule has 60 valence electrons. The van der Waals surface area contributed by atoms with Crippen molar-refractivity contribution in [2.75, 3.05) is 6.54 Å². The van der Waals surface area contributed by atoms with Gasteiger partial charge in [-0.2, -0.15) is 0 Å². The summed E-state index contributed by atoms with van der Waals surface area (Å²) >= 11 is 0. The van der Waals surface area contributed by atoms with Gasteiger partial charge in [-0.3, -0.25) is 0 Å². The predicted octanol–water partition coefficient (Wildman–Crippen LogP) is 0.899. The molecular weight excluding hydrogens is 126 g/mol. The molecule has 1 fully saturated rings. The first-order valence-corrected chi connectivity index (χ1v) is 4.20. The molecule has 1 heterocycles. The number of nitrogens with one attached hydrogen (secondary N) is 1. The topological polar surface area (TPSA) is 32.3 Å². The molecule has 0 aromatic heterocycles. The van der Waals surface area contributed by atoms with E-state index in [2.05, 4.69) is 12.2 Å². The number of aliphatic hydroxyl groups excluding tert-OH is 1. The normalized spacial score (nSPS) is 36.6. The summed E-state index contributed by atoms with van der Waals surface area (Å²) in [4.78, 5) is 0. The van der Waals surface area contributed by atoms with Crippen molar-refractivity contribution in [2.45, 2.75) is 44.8 Å². The van der Waals surface area contributed by atoms with E-state index < -0.39 is 0 Å². The van der Waals surface area contributed by atoms with Crippen LogP contribution in [0.3, 0.4) is 0 Å². The van der Waals surface area contributed by atoms with Crippen molar-refractivity contribution in [3.63, 3.8) is 0 Å². The highest BCUT2D eigenvalue weighted by molar-refractivity contribution is 4.69. The predicted molar refractivity (Wildman–Crippen MR) is 41.9 cm³/mol. The van der Waals surface area contributed by atoms with Gasteiger partial charge >= 0.3 is 0 Å². The van der Waals surface area contributed by atoms with Crippen LogP contribution in [0, 0.1) is 0 Å². The molecule has 2 unspecified atom stereocenters. The van der Waals surface area contributed by atoms with Gasteiger partial charge < -0.3 is 10.4 Å². The van der Waals surface area contributed by atoms with Crippen LogP contribution in [0.2, 0.25) is 0 Å². The average Bonchev–Trinajstić information content (AvgIpc) is 1.90. The van der Waals surface area contributed by atoms with Gasteiger partial charge in [-0.25, -0.2) is 0 Å². The summed E-state index contributed by atoms with van der Waals surface area (Å²) in [5.41, 5.74) is 0. The minimum atomic E-state index is -0.109. The highest BCUT2D eigenvalue weighted by Gasteiger charge is 2.10. The summed E-state index contributed by atoms with van der Waals surface area (Å²) in [6.45, 7) is 2.96. The van der Waals surface area contributed by atoms with Crippen LogP contribution in [0.1, 0.15) is 32.6 Å². The molecule has 0 amide bonds. The second kappa shape index (κ2) is 3.94.